The van der Waals surface area contributed by atoms with Crippen molar-refractivity contribution in [2.24, 2.45) is 0 Å². The highest BCUT2D eigenvalue weighted by Crippen LogP contribution is 2.21. The molecule has 8 heteroatoms. The second kappa shape index (κ2) is 7.77. The maximum absolute atomic E-state index is 12.7. The summed E-state index contributed by atoms with van der Waals surface area (Å²) >= 11 is 3.30. The molecule has 138 valence electrons. The number of sulfonamides is 1. The van der Waals surface area contributed by atoms with Crippen molar-refractivity contribution in [3.05, 3.63) is 58.6 Å². The first kappa shape index (κ1) is 18.9. The van der Waals surface area contributed by atoms with Crippen molar-refractivity contribution in [3.63, 3.8) is 0 Å². The van der Waals surface area contributed by atoms with Crippen LogP contribution >= 0.6 is 15.9 Å². The number of ether oxygens (including phenoxy) is 1. The Morgan fingerprint density at radius 2 is 1.69 bits per heavy atom. The number of carbonyl (C=O) groups is 1. The van der Waals surface area contributed by atoms with E-state index in [4.69, 9.17) is 4.74 Å². The smallest absolute Gasteiger partial charge is 0.254 e. The molecule has 0 atom stereocenters. The number of hydrogen-bond donors (Lipinski definition) is 0. The van der Waals surface area contributed by atoms with Crippen LogP contribution in [0.5, 0.6) is 5.75 Å². The minimum atomic E-state index is -3.55. The monoisotopic (exact) mass is 438 g/mol. The van der Waals surface area contributed by atoms with Gasteiger partial charge in [0.05, 0.1) is 12.0 Å². The van der Waals surface area contributed by atoms with Gasteiger partial charge in [0.1, 0.15) is 5.75 Å². The van der Waals surface area contributed by atoms with E-state index in [1.165, 1.54) is 4.31 Å². The zero-order valence-corrected chi connectivity index (χ0v) is 16.7. The van der Waals surface area contributed by atoms with Gasteiger partial charge in [0.15, 0.2) is 0 Å². The Bertz CT molecular complexity index is 892. The second-order valence-corrected chi connectivity index (χ2v) is 8.74. The van der Waals surface area contributed by atoms with Crippen molar-refractivity contribution in [2.45, 2.75) is 4.90 Å². The number of carbonyl (C=O) groups excluding carboxylic acids is 1. The van der Waals surface area contributed by atoms with E-state index in [-0.39, 0.29) is 23.9 Å². The van der Waals surface area contributed by atoms with E-state index in [9.17, 15) is 13.2 Å². The second-order valence-electron chi connectivity index (χ2n) is 5.88. The molecule has 0 unspecified atom stereocenters. The topological polar surface area (TPSA) is 66.9 Å². The van der Waals surface area contributed by atoms with Crippen LogP contribution in [0.3, 0.4) is 0 Å². The number of benzene rings is 2. The summed E-state index contributed by atoms with van der Waals surface area (Å²) in [5, 5.41) is 0. The van der Waals surface area contributed by atoms with E-state index in [0.717, 1.165) is 4.47 Å². The lowest BCUT2D eigenvalue weighted by Crippen LogP contribution is -2.50. The quantitative estimate of drug-likeness (QED) is 0.735. The third kappa shape index (κ3) is 3.92. The molecule has 0 saturated carbocycles. The molecule has 6 nitrogen and oxygen atoms in total. The van der Waals surface area contributed by atoms with Crippen molar-refractivity contribution < 1.29 is 17.9 Å². The van der Waals surface area contributed by atoms with Crippen LogP contribution in [0.25, 0.3) is 0 Å². The van der Waals surface area contributed by atoms with Crippen LogP contribution < -0.4 is 4.74 Å². The summed E-state index contributed by atoms with van der Waals surface area (Å²) < 4.78 is 32.8. The molecule has 2 aromatic rings. The van der Waals surface area contributed by atoms with Gasteiger partial charge in [-0.2, -0.15) is 4.31 Å². The summed E-state index contributed by atoms with van der Waals surface area (Å²) in [5.74, 6) is 0.497. The molecule has 0 radical (unpaired) electrons. The molecule has 0 N–H and O–H groups in total. The Labute approximate surface area is 161 Å². The van der Waals surface area contributed by atoms with Gasteiger partial charge in [0.25, 0.3) is 5.91 Å². The van der Waals surface area contributed by atoms with Crippen LogP contribution in [-0.4, -0.2) is 56.8 Å². The fourth-order valence-corrected chi connectivity index (χ4v) is 4.51. The average molecular weight is 439 g/mol. The van der Waals surface area contributed by atoms with Crippen molar-refractivity contribution >= 4 is 31.9 Å². The fraction of sp³-hybridized carbons (Fsp3) is 0.278. The number of methoxy groups -OCH3 is 1. The molecule has 0 spiro atoms. The van der Waals surface area contributed by atoms with E-state index in [2.05, 4.69) is 15.9 Å². The van der Waals surface area contributed by atoms with E-state index in [0.29, 0.717) is 24.4 Å². The SMILES string of the molecule is COc1cccc(C(=O)N2CCN(S(=O)(=O)c3ccc(Br)cc3)CC2)c1. The van der Waals surface area contributed by atoms with Crippen molar-refractivity contribution in [1.82, 2.24) is 9.21 Å². The molecule has 1 saturated heterocycles. The maximum Gasteiger partial charge on any atom is 0.254 e. The Hall–Kier alpha value is -1.90. The first-order valence-electron chi connectivity index (χ1n) is 8.11. The minimum Gasteiger partial charge on any atom is -0.497 e. The Kier molecular flexibility index (Phi) is 5.64. The Morgan fingerprint density at radius 1 is 1.04 bits per heavy atom. The van der Waals surface area contributed by atoms with Crippen LogP contribution in [-0.2, 0) is 10.0 Å². The highest BCUT2D eigenvalue weighted by atomic mass is 79.9. The Morgan fingerprint density at radius 3 is 2.31 bits per heavy atom. The third-order valence-electron chi connectivity index (χ3n) is 4.29. The molecule has 1 fully saturated rings. The lowest BCUT2D eigenvalue weighted by Gasteiger charge is -2.34. The summed E-state index contributed by atoms with van der Waals surface area (Å²) in [6, 6.07) is 13.5. The standard InChI is InChI=1S/C18H19BrN2O4S/c1-25-16-4-2-3-14(13-16)18(22)20-9-11-21(12-10-20)26(23,24)17-7-5-15(19)6-8-17/h2-8,13H,9-12H2,1H3. The molecule has 0 bridgehead atoms. The lowest BCUT2D eigenvalue weighted by atomic mass is 10.1. The normalized spacial score (nSPS) is 15.7. The molecular formula is C18H19BrN2O4S. The zero-order chi connectivity index (χ0) is 18.7. The molecule has 0 aromatic heterocycles. The Balaban J connectivity index is 1.68. The summed E-state index contributed by atoms with van der Waals surface area (Å²) in [7, 11) is -2.00. The molecule has 26 heavy (non-hydrogen) atoms. The van der Waals surface area contributed by atoms with Crippen LogP contribution in [0.15, 0.2) is 57.9 Å². The molecule has 2 aromatic carbocycles. The largest absolute Gasteiger partial charge is 0.497 e. The van der Waals surface area contributed by atoms with Gasteiger partial charge in [-0.25, -0.2) is 8.42 Å². The van der Waals surface area contributed by atoms with Crippen LogP contribution in [0, 0.1) is 0 Å². The van der Waals surface area contributed by atoms with Gasteiger partial charge < -0.3 is 9.64 Å². The highest BCUT2D eigenvalue weighted by molar-refractivity contribution is 9.10. The van der Waals surface area contributed by atoms with Gasteiger partial charge in [-0.05, 0) is 42.5 Å². The van der Waals surface area contributed by atoms with Gasteiger partial charge in [-0.1, -0.05) is 22.0 Å². The fourth-order valence-electron chi connectivity index (χ4n) is 2.83. The van der Waals surface area contributed by atoms with Gasteiger partial charge in [-0.15, -0.1) is 0 Å². The minimum absolute atomic E-state index is 0.121. The molecule has 3 rings (SSSR count). The van der Waals surface area contributed by atoms with Gasteiger partial charge in [0.2, 0.25) is 10.0 Å². The zero-order valence-electron chi connectivity index (χ0n) is 14.3. The molecular weight excluding hydrogens is 420 g/mol. The van der Waals surface area contributed by atoms with Gasteiger partial charge >= 0.3 is 0 Å². The van der Waals surface area contributed by atoms with Crippen LogP contribution in [0.4, 0.5) is 0 Å². The lowest BCUT2D eigenvalue weighted by molar-refractivity contribution is 0.0697. The van der Waals surface area contributed by atoms with Crippen LogP contribution in [0.2, 0.25) is 0 Å². The number of nitrogens with zero attached hydrogens (tertiary/aromatic N) is 2. The number of piperazine rings is 1. The van der Waals surface area contributed by atoms with E-state index >= 15 is 0 Å². The van der Waals surface area contributed by atoms with Crippen molar-refractivity contribution in [1.29, 1.82) is 0 Å². The van der Waals surface area contributed by atoms with Gasteiger partial charge in [0, 0.05) is 36.2 Å². The molecule has 1 aliphatic rings. The predicted octanol–water partition coefficient (Wildman–Crippen LogP) is 2.60. The summed E-state index contributed by atoms with van der Waals surface area (Å²) in [4.78, 5) is 14.6. The van der Waals surface area contributed by atoms with Gasteiger partial charge in [-0.3, -0.25) is 4.79 Å². The summed E-state index contributed by atoms with van der Waals surface area (Å²) in [5.41, 5.74) is 0.536. The molecule has 1 amide bonds. The molecule has 1 heterocycles. The predicted molar refractivity (Wildman–Crippen MR) is 102 cm³/mol. The number of rotatable bonds is 4. The highest BCUT2D eigenvalue weighted by Gasteiger charge is 2.30. The number of amides is 1. The van der Waals surface area contributed by atoms with Crippen molar-refractivity contribution in [2.75, 3.05) is 33.3 Å². The van der Waals surface area contributed by atoms with E-state index in [1.807, 2.05) is 0 Å². The third-order valence-corrected chi connectivity index (χ3v) is 6.74. The molecule has 1 aliphatic heterocycles. The first-order chi connectivity index (χ1) is 12.4. The molecule has 0 aliphatic carbocycles. The average Bonchev–Trinajstić information content (AvgIpc) is 2.68. The van der Waals surface area contributed by atoms with Crippen LogP contribution in [0.1, 0.15) is 10.4 Å². The number of halogens is 1. The summed E-state index contributed by atoms with van der Waals surface area (Å²) in [6.45, 7) is 1.25. The van der Waals surface area contributed by atoms with Crippen molar-refractivity contribution in [3.8, 4) is 5.75 Å². The van der Waals surface area contributed by atoms with E-state index in [1.54, 1.807) is 60.5 Å². The first-order valence-corrected chi connectivity index (χ1v) is 10.3. The maximum atomic E-state index is 12.7. The summed E-state index contributed by atoms with van der Waals surface area (Å²) in [6.07, 6.45) is 0. The number of hydrogen-bond acceptors (Lipinski definition) is 4. The van der Waals surface area contributed by atoms with E-state index < -0.39 is 10.0 Å².